The highest BCUT2D eigenvalue weighted by Crippen LogP contribution is 2.49. The monoisotopic (exact) mass is 2290 g/mol. The molecule has 86 heteroatoms. The number of rotatable bonds is 13. The molecule has 2 saturated carbocycles. The van der Waals surface area contributed by atoms with Gasteiger partial charge < -0.3 is 44.8 Å². The van der Waals surface area contributed by atoms with E-state index in [1.54, 1.807) is 22.7 Å². The van der Waals surface area contributed by atoms with Gasteiger partial charge in [0.05, 0.1) is 12.4 Å². The van der Waals surface area contributed by atoms with E-state index in [0.29, 0.717) is 45.6 Å². The number of nitrogens with one attached hydrogen (secondary N) is 1. The molecule has 0 radical (unpaired) electrons. The van der Waals surface area contributed by atoms with Crippen LogP contribution in [-0.2, 0) is 12.8 Å². The van der Waals surface area contributed by atoms with Crippen molar-refractivity contribution in [2.24, 2.45) is 0 Å². The first-order valence-corrected chi connectivity index (χ1v) is 30.9. The number of carbonyl (C=O) groups is 2. The molecule has 12 rings (SSSR count). The Morgan fingerprint density at radius 3 is 0.887 bits per heavy atom. The first kappa shape index (κ1) is 189. The third-order valence-corrected chi connectivity index (χ3v) is 15.3. The predicted molar refractivity (Wildman–Crippen MR) is 359 cm³/mol. The molecule has 8 aromatic rings. The Kier molecular flexibility index (Phi) is 205. The Labute approximate surface area is 743 Å². The SMILES string of the molecule is CN1CCN(CCc2ccc3ncc(C(=O)O)n3c2)CC1.Cc1ccc(-c2noc(C3CC(F)(F)C3)n2)cc1N.Cc1ccc(-c2noc(C3CC(F)(F)C3)n2)cc1NC(=O)c1cnc2ccc(CCN3CCN(C)CC3)cn12.F.FF.FF.FF.FF.FF.FF.FF.FF.FF.FF.FF.FF.FF.FF.FF.FF.FF.FF.FF.FF.FF.FF.FF.FF.FF.FF.FF.FF.FF.FF.FF. The smallest absolute Gasteiger partial charge is 0.354 e. The number of anilines is 2. The Bertz CT molecular complexity index is 3550. The van der Waals surface area contributed by atoms with Crippen LogP contribution in [0, 0.1) is 13.8 Å². The molecule has 4 N–H and O–H groups in total. The minimum atomic E-state index is -2.66. The molecule has 1 amide bonds. The molecule has 8 heterocycles. The second-order valence-corrected chi connectivity index (χ2v) is 21.3. The van der Waals surface area contributed by atoms with Crippen molar-refractivity contribution in [3.8, 4) is 22.8 Å². The molecule has 6 aromatic heterocycles. The Hall–Kier alpha value is -12.0. The summed E-state index contributed by atoms with van der Waals surface area (Å²) in [6.45, 7) is 14.5. The maximum atomic E-state index is 13.3. The van der Waals surface area contributed by atoms with Crippen molar-refractivity contribution in [1.82, 2.24) is 58.7 Å². The second kappa shape index (κ2) is 154. The van der Waals surface area contributed by atoms with Gasteiger partial charge in [-0.25, -0.2) is 32.3 Å². The molecule has 2 aliphatic heterocycles. The number of halogens is 67. The van der Waals surface area contributed by atoms with Gasteiger partial charge in [0.25, 0.3) is 5.91 Å². The van der Waals surface area contributed by atoms with E-state index in [2.05, 4.69) is 75.3 Å². The molecule has 4 fully saturated rings. The van der Waals surface area contributed by atoms with Gasteiger partial charge in [0.15, 0.2) is 5.69 Å². The van der Waals surface area contributed by atoms with Gasteiger partial charge in [0.1, 0.15) is 17.0 Å². The lowest BCUT2D eigenvalue weighted by atomic mass is 9.81. The van der Waals surface area contributed by atoms with Crippen LogP contribution < -0.4 is 11.1 Å². The number of fused-ring (bicyclic) bond motifs is 2. The summed E-state index contributed by atoms with van der Waals surface area (Å²) in [6.07, 6.45) is 7.69. The molecule has 2 saturated heterocycles. The topological polar surface area (TPSA) is 218 Å². The van der Waals surface area contributed by atoms with E-state index < -0.39 is 23.7 Å². The summed E-state index contributed by atoms with van der Waals surface area (Å²) in [5.74, 6) is -6.06. The number of alkyl halides is 4. The van der Waals surface area contributed by atoms with E-state index in [9.17, 15) is 27.2 Å². The summed E-state index contributed by atoms with van der Waals surface area (Å²) in [5, 5.41) is 19.9. The Balaban J connectivity index is -0.0000000572. The van der Waals surface area contributed by atoms with Crippen molar-refractivity contribution >= 4 is 34.5 Å². The highest BCUT2D eigenvalue weighted by atomic mass is 20.1. The number of aryl methyl sites for hydroxylation is 2. The van der Waals surface area contributed by atoms with Gasteiger partial charge >= 0.3 is 5.97 Å². The molecular formula is C56H65F67N14O5. The van der Waals surface area contributed by atoms with Crippen LogP contribution in [0.2, 0.25) is 0 Å². The number of carboxylic acid groups (broad SMARTS) is 1. The average Bonchev–Trinajstić information content (AvgIpc) is 1.57. The number of hydrogen-bond donors (Lipinski definition) is 3. The van der Waals surface area contributed by atoms with Crippen LogP contribution in [0.1, 0.15) is 92.5 Å². The number of imidazole rings is 2. The zero-order valence-corrected chi connectivity index (χ0v) is 68.4. The van der Waals surface area contributed by atoms with Crippen LogP contribution in [0.3, 0.4) is 0 Å². The highest BCUT2D eigenvalue weighted by molar-refractivity contribution is 6.04. The van der Waals surface area contributed by atoms with Gasteiger partial charge in [-0.15, -0.1) is 0 Å². The van der Waals surface area contributed by atoms with Crippen molar-refractivity contribution in [2.75, 3.05) is 90.6 Å². The number of carbonyl (C=O) groups excluding carboxylic acids is 1. The molecule has 4 aliphatic rings. The van der Waals surface area contributed by atoms with Gasteiger partial charge in [-0.05, 0) is 87.3 Å². The number of likely N-dealkylation sites (N-methyl/N-ethyl adjacent to an activating group) is 2. The first-order valence-electron chi connectivity index (χ1n) is 30.9. The number of hydrogen-bond acceptors (Lipinski definition) is 15. The van der Waals surface area contributed by atoms with Gasteiger partial charge in [-0.1, -0.05) is 46.7 Å². The van der Waals surface area contributed by atoms with Crippen LogP contribution in [0.15, 0.2) is 94.5 Å². The standard InChI is InChI=1S/C28H31F2N7O2.C15H20N4O2.C13H13F2N3O.31F2.FH/c1-18-3-5-20(25-33-27(39-34-25)21-14-28(29,30)15-21)13-22(18)32-26(38)23-16-31-24-6-4-19(17-37(23)24)7-8-36-11-9-35(2)10-12-36;1-17-6-8-18(9-7-17)5-4-12-2-3-14-16-10-13(15(20)21)19(14)11-12;1-7-2-3-8(4-10(7)16)11-17-12(19-18-11)9-5-13(14,15)6-9;31*1-2;/h3-6,13,16-17,21H,7-12,14-15H2,1-2H3,(H,32,38);2-3,10-11H,4-9H2,1H3,(H,20,21);2-4,9H,5-6,16H2,1H3;;;;;;;;;;;;;;;;;;;;;;;;;;;;;;;;1H. The van der Waals surface area contributed by atoms with E-state index >= 15 is 0 Å². The van der Waals surface area contributed by atoms with E-state index in [0.717, 1.165) is 106 Å². The number of amides is 1. The third kappa shape index (κ3) is 87.0. The summed E-state index contributed by atoms with van der Waals surface area (Å²) in [6, 6.07) is 18.8. The fourth-order valence-corrected chi connectivity index (χ4v) is 9.96. The molecule has 0 unspecified atom stereocenters. The largest absolute Gasteiger partial charge is 0.477 e. The van der Waals surface area contributed by atoms with Gasteiger partial charge in [-0.2, -0.15) is 9.97 Å². The number of nitrogens with zero attached hydrogens (tertiary/aromatic N) is 12. The summed E-state index contributed by atoms with van der Waals surface area (Å²) in [7, 11) is 4.30. The van der Waals surface area contributed by atoms with Crippen molar-refractivity contribution in [2.45, 2.75) is 76.1 Å². The van der Waals surface area contributed by atoms with E-state index in [4.69, 9.17) is 303 Å². The molecular weight excluding hydrogens is 2220 g/mol. The molecule has 2 aliphatic carbocycles. The third-order valence-electron chi connectivity index (χ3n) is 15.3. The zero-order valence-electron chi connectivity index (χ0n) is 68.4. The number of nitrogens with two attached hydrogens (primary N) is 1. The van der Waals surface area contributed by atoms with Crippen molar-refractivity contribution in [3.05, 3.63) is 131 Å². The van der Waals surface area contributed by atoms with E-state index in [1.165, 1.54) is 6.20 Å². The average molecular weight is 2290 g/mol. The summed E-state index contributed by atoms with van der Waals surface area (Å²) in [5.41, 5.74) is 14.5. The minimum Gasteiger partial charge on any atom is -0.477 e. The molecule has 2 aromatic carbocycles. The molecule has 0 atom stereocenters. The Morgan fingerprint density at radius 2 is 0.627 bits per heavy atom. The second-order valence-electron chi connectivity index (χ2n) is 21.3. The molecule has 0 spiro atoms. The molecule has 142 heavy (non-hydrogen) atoms. The highest BCUT2D eigenvalue weighted by Gasteiger charge is 2.49. The number of benzene rings is 2. The van der Waals surface area contributed by atoms with Crippen LogP contribution in [0.5, 0.6) is 0 Å². The number of carboxylic acids is 1. The van der Waals surface area contributed by atoms with Crippen LogP contribution >= 0.6 is 0 Å². The fourth-order valence-electron chi connectivity index (χ4n) is 9.96. The molecule has 858 valence electrons. The normalized spacial score (nSPS) is 11.4. The number of aromatic nitrogens is 8. The first-order chi connectivity index (χ1) is 68.8. The molecule has 19 nitrogen and oxygen atoms in total. The van der Waals surface area contributed by atoms with Gasteiger partial charge in [-0.3, -0.25) is 18.3 Å². The number of piperazine rings is 2. The number of aromatic carboxylic acids is 1. The molecule has 0 bridgehead atoms. The van der Waals surface area contributed by atoms with Crippen molar-refractivity contribution < 1.29 is 330 Å². The number of nitrogen functional groups attached to an aromatic ring is 1. The number of pyridine rings is 2. The summed E-state index contributed by atoms with van der Waals surface area (Å²) < 4.78 is 562. The van der Waals surface area contributed by atoms with E-state index in [-0.39, 0.29) is 59.7 Å². The van der Waals surface area contributed by atoms with Crippen LogP contribution in [0.25, 0.3) is 34.1 Å². The summed E-state index contributed by atoms with van der Waals surface area (Å²) >= 11 is 0. The van der Waals surface area contributed by atoms with Gasteiger partial charge in [0.2, 0.25) is 35.3 Å². The van der Waals surface area contributed by atoms with Crippen LogP contribution in [0.4, 0.5) is 317 Å². The lowest BCUT2D eigenvalue weighted by molar-refractivity contribution is -0.0930. The quantitative estimate of drug-likeness (QED) is 0.0722. The Morgan fingerprint density at radius 1 is 0.373 bits per heavy atom. The maximum Gasteiger partial charge on any atom is 0.354 e. The van der Waals surface area contributed by atoms with Crippen LogP contribution in [-0.4, -0.2) is 167 Å². The van der Waals surface area contributed by atoms with Crippen molar-refractivity contribution in [1.29, 1.82) is 0 Å². The maximum absolute atomic E-state index is 13.3. The summed E-state index contributed by atoms with van der Waals surface area (Å²) in [4.78, 5) is 51.1. The van der Waals surface area contributed by atoms with Crippen molar-refractivity contribution in [3.63, 3.8) is 0 Å². The predicted octanol–water partition coefficient (Wildman–Crippen LogP) is 34.4. The van der Waals surface area contributed by atoms with Gasteiger partial charge in [0, 0.05) is 421 Å². The zero-order chi connectivity index (χ0) is 118. The minimum absolute atomic E-state index is 0. The lowest BCUT2D eigenvalue weighted by Gasteiger charge is -2.32. The van der Waals surface area contributed by atoms with E-state index in [1.807, 2.05) is 73.1 Å². The fraction of sp³-hybridized carbons (Fsp3) is 0.429. The lowest BCUT2D eigenvalue weighted by Crippen LogP contribution is -2.45.